The number of nitriles is 1. The van der Waals surface area contributed by atoms with E-state index in [0.29, 0.717) is 6.04 Å². The molecule has 3 fully saturated rings. The second kappa shape index (κ2) is 5.40. The fourth-order valence-electron chi connectivity index (χ4n) is 4.32. The lowest BCUT2D eigenvalue weighted by Gasteiger charge is -2.41. The number of rotatable bonds is 3. The highest BCUT2D eigenvalue weighted by atomic mass is 15.3. The molecule has 3 atom stereocenters. The van der Waals surface area contributed by atoms with Gasteiger partial charge < -0.3 is 0 Å². The van der Waals surface area contributed by atoms with Crippen molar-refractivity contribution in [3.05, 3.63) is 0 Å². The van der Waals surface area contributed by atoms with Gasteiger partial charge in [-0.1, -0.05) is 6.92 Å². The van der Waals surface area contributed by atoms with E-state index in [9.17, 15) is 5.26 Å². The molecule has 0 aromatic rings. The molecule has 1 saturated carbocycles. The maximum Gasteiger partial charge on any atom is 0.108 e. The highest BCUT2D eigenvalue weighted by Crippen LogP contribution is 2.34. The Balaban J connectivity index is 1.60. The van der Waals surface area contributed by atoms with E-state index in [1.807, 2.05) is 0 Å². The van der Waals surface area contributed by atoms with Crippen molar-refractivity contribution in [2.24, 2.45) is 0 Å². The summed E-state index contributed by atoms with van der Waals surface area (Å²) in [7, 11) is 0. The summed E-state index contributed by atoms with van der Waals surface area (Å²) < 4.78 is 0. The van der Waals surface area contributed by atoms with Gasteiger partial charge in [0.1, 0.15) is 5.54 Å². The smallest absolute Gasteiger partial charge is 0.108 e. The van der Waals surface area contributed by atoms with Gasteiger partial charge in [0.15, 0.2) is 0 Å². The lowest BCUT2D eigenvalue weighted by atomic mass is 9.99. The van der Waals surface area contributed by atoms with Crippen LogP contribution in [0, 0.1) is 11.3 Å². The van der Waals surface area contributed by atoms with Crippen LogP contribution in [0.3, 0.4) is 0 Å². The summed E-state index contributed by atoms with van der Waals surface area (Å²) >= 11 is 0. The summed E-state index contributed by atoms with van der Waals surface area (Å²) in [5.74, 6) is 0. The number of nitrogens with zero attached hydrogens (tertiary/aromatic N) is 3. The summed E-state index contributed by atoms with van der Waals surface area (Å²) in [4.78, 5) is 5.33. The number of fused-ring (bicyclic) bond motifs is 1. The van der Waals surface area contributed by atoms with Crippen LogP contribution < -0.4 is 5.32 Å². The van der Waals surface area contributed by atoms with Crippen LogP contribution in [-0.4, -0.2) is 60.1 Å². The van der Waals surface area contributed by atoms with Crippen LogP contribution in [-0.2, 0) is 0 Å². The monoisotopic (exact) mass is 262 g/mol. The van der Waals surface area contributed by atoms with Gasteiger partial charge in [-0.05, 0) is 45.2 Å². The lowest BCUT2D eigenvalue weighted by Crippen LogP contribution is -2.53. The molecule has 2 aliphatic heterocycles. The van der Waals surface area contributed by atoms with Crippen molar-refractivity contribution in [3.8, 4) is 6.07 Å². The molecule has 106 valence electrons. The van der Waals surface area contributed by atoms with Gasteiger partial charge in [-0.2, -0.15) is 5.26 Å². The molecular formula is C15H26N4. The molecule has 3 aliphatic rings. The third kappa shape index (κ3) is 2.52. The molecule has 4 heteroatoms. The Bertz CT molecular complexity index is 364. The number of piperazine rings is 1. The highest BCUT2D eigenvalue weighted by Gasteiger charge is 2.43. The van der Waals surface area contributed by atoms with Crippen LogP contribution in [0.15, 0.2) is 0 Å². The van der Waals surface area contributed by atoms with Crippen LogP contribution in [0.1, 0.15) is 39.0 Å². The Morgan fingerprint density at radius 2 is 2.05 bits per heavy atom. The molecule has 19 heavy (non-hydrogen) atoms. The minimum absolute atomic E-state index is 0.244. The number of hydrogen-bond donors (Lipinski definition) is 1. The van der Waals surface area contributed by atoms with Crippen LogP contribution in [0.2, 0.25) is 0 Å². The van der Waals surface area contributed by atoms with Gasteiger partial charge in [0, 0.05) is 31.7 Å². The Labute approximate surface area is 116 Å². The minimum atomic E-state index is -0.244. The topological polar surface area (TPSA) is 42.3 Å². The van der Waals surface area contributed by atoms with Crippen molar-refractivity contribution in [2.45, 2.75) is 56.7 Å². The van der Waals surface area contributed by atoms with Gasteiger partial charge in [-0.15, -0.1) is 0 Å². The first-order chi connectivity index (χ1) is 9.26. The summed E-state index contributed by atoms with van der Waals surface area (Å²) in [6.45, 7) is 7.98. The van der Waals surface area contributed by atoms with Crippen molar-refractivity contribution in [2.75, 3.05) is 32.7 Å². The van der Waals surface area contributed by atoms with E-state index in [4.69, 9.17) is 0 Å². The van der Waals surface area contributed by atoms with E-state index in [-0.39, 0.29) is 5.54 Å². The van der Waals surface area contributed by atoms with Crippen molar-refractivity contribution < 1.29 is 0 Å². The normalized spacial score (nSPS) is 40.2. The molecule has 0 aromatic carbocycles. The van der Waals surface area contributed by atoms with Crippen molar-refractivity contribution in [3.63, 3.8) is 0 Å². The van der Waals surface area contributed by atoms with Gasteiger partial charge in [-0.3, -0.25) is 15.1 Å². The van der Waals surface area contributed by atoms with E-state index in [1.165, 1.54) is 45.4 Å². The molecule has 1 aliphatic carbocycles. The standard InChI is InChI=1S/C15H26N4/c1-2-17-15(12-16)6-5-13(10-15)19-9-8-18-7-3-4-14(18)11-19/h13-14,17H,2-11H2,1H3. The molecule has 3 rings (SSSR count). The van der Waals surface area contributed by atoms with Crippen molar-refractivity contribution in [1.82, 2.24) is 15.1 Å². The van der Waals surface area contributed by atoms with Crippen molar-refractivity contribution >= 4 is 0 Å². The van der Waals surface area contributed by atoms with Gasteiger partial charge in [0.25, 0.3) is 0 Å². The molecule has 3 unspecified atom stereocenters. The SMILES string of the molecule is CCNC1(C#N)CCC(N2CCN3CCCC3C2)C1. The van der Waals surface area contributed by atoms with Gasteiger partial charge >= 0.3 is 0 Å². The molecule has 0 amide bonds. The average Bonchev–Trinajstić information content (AvgIpc) is 3.05. The first-order valence-electron chi connectivity index (χ1n) is 7.91. The van der Waals surface area contributed by atoms with E-state index >= 15 is 0 Å². The second-order valence-corrected chi connectivity index (χ2v) is 6.45. The predicted octanol–water partition coefficient (Wildman–Crippen LogP) is 1.19. The van der Waals surface area contributed by atoms with E-state index < -0.39 is 0 Å². The molecule has 1 N–H and O–H groups in total. The van der Waals surface area contributed by atoms with Gasteiger partial charge in [-0.25, -0.2) is 0 Å². The predicted molar refractivity (Wildman–Crippen MR) is 75.8 cm³/mol. The Kier molecular flexibility index (Phi) is 3.79. The molecule has 0 bridgehead atoms. The summed E-state index contributed by atoms with van der Waals surface area (Å²) in [6.07, 6.45) is 5.98. The van der Waals surface area contributed by atoms with E-state index in [0.717, 1.165) is 25.4 Å². The fraction of sp³-hybridized carbons (Fsp3) is 0.933. The molecule has 4 nitrogen and oxygen atoms in total. The Morgan fingerprint density at radius 1 is 1.21 bits per heavy atom. The van der Waals surface area contributed by atoms with Crippen LogP contribution in [0.4, 0.5) is 0 Å². The lowest BCUT2D eigenvalue weighted by molar-refractivity contribution is 0.0716. The van der Waals surface area contributed by atoms with Gasteiger partial charge in [0.2, 0.25) is 0 Å². The largest absolute Gasteiger partial charge is 0.300 e. The minimum Gasteiger partial charge on any atom is -0.300 e. The molecule has 0 aromatic heterocycles. The zero-order chi connectivity index (χ0) is 13.3. The maximum absolute atomic E-state index is 9.47. The Morgan fingerprint density at radius 3 is 2.84 bits per heavy atom. The third-order valence-electron chi connectivity index (χ3n) is 5.35. The molecule has 2 heterocycles. The molecule has 2 saturated heterocycles. The third-order valence-corrected chi connectivity index (χ3v) is 5.35. The zero-order valence-corrected chi connectivity index (χ0v) is 12.1. The van der Waals surface area contributed by atoms with Crippen LogP contribution in [0.25, 0.3) is 0 Å². The number of nitrogens with one attached hydrogen (secondary N) is 1. The highest BCUT2D eigenvalue weighted by molar-refractivity contribution is 5.13. The quantitative estimate of drug-likeness (QED) is 0.829. The summed E-state index contributed by atoms with van der Waals surface area (Å²) in [5.41, 5.74) is -0.244. The van der Waals surface area contributed by atoms with Crippen molar-refractivity contribution in [1.29, 1.82) is 5.26 Å². The Hall–Kier alpha value is -0.630. The molecule has 0 spiro atoms. The summed E-state index contributed by atoms with van der Waals surface area (Å²) in [6, 6.07) is 3.97. The first-order valence-corrected chi connectivity index (χ1v) is 7.91. The van der Waals surface area contributed by atoms with Crippen LogP contribution in [0.5, 0.6) is 0 Å². The second-order valence-electron chi connectivity index (χ2n) is 6.45. The fourth-order valence-corrected chi connectivity index (χ4v) is 4.32. The maximum atomic E-state index is 9.47. The van der Waals surface area contributed by atoms with Gasteiger partial charge in [0.05, 0.1) is 6.07 Å². The molecule has 0 radical (unpaired) electrons. The molecular weight excluding hydrogens is 236 g/mol. The average molecular weight is 262 g/mol. The summed E-state index contributed by atoms with van der Waals surface area (Å²) in [5, 5.41) is 12.9. The first kappa shape index (κ1) is 13.4. The number of hydrogen-bond acceptors (Lipinski definition) is 4. The van der Waals surface area contributed by atoms with E-state index in [2.05, 4.69) is 28.1 Å². The van der Waals surface area contributed by atoms with Crippen LogP contribution >= 0.6 is 0 Å². The van der Waals surface area contributed by atoms with E-state index in [1.54, 1.807) is 0 Å². The zero-order valence-electron chi connectivity index (χ0n) is 12.1.